The molecule has 4 heteroatoms. The van der Waals surface area contributed by atoms with E-state index in [1.54, 1.807) is 0 Å². The Balaban J connectivity index is 1.64. The van der Waals surface area contributed by atoms with Crippen molar-refractivity contribution in [3.05, 3.63) is 23.0 Å². The molecule has 0 unspecified atom stereocenters. The van der Waals surface area contributed by atoms with Gasteiger partial charge in [-0.25, -0.2) is 0 Å². The summed E-state index contributed by atoms with van der Waals surface area (Å²) in [6.07, 6.45) is 10.7. The second-order valence-electron chi connectivity index (χ2n) is 8.85. The first-order valence-corrected chi connectivity index (χ1v) is 10.0. The van der Waals surface area contributed by atoms with E-state index in [4.69, 9.17) is 4.74 Å². The molecular formula is C22H28O4. The molecule has 0 amide bonds. The number of allylic oxidation sites excluding steroid dienone is 3. The highest BCUT2D eigenvalue weighted by molar-refractivity contribution is 5.91. The molecule has 0 aromatic rings. The van der Waals surface area contributed by atoms with Gasteiger partial charge in [0.15, 0.2) is 17.8 Å². The molecule has 140 valence electrons. The van der Waals surface area contributed by atoms with E-state index in [0.717, 1.165) is 56.8 Å². The van der Waals surface area contributed by atoms with Gasteiger partial charge in [-0.05, 0) is 85.7 Å². The largest absolute Gasteiger partial charge is 0.423 e. The molecule has 0 N–H and O–H groups in total. The van der Waals surface area contributed by atoms with Gasteiger partial charge in [-0.1, -0.05) is 12.5 Å². The number of hydrogen-bond donors (Lipinski definition) is 0. The molecule has 5 atom stereocenters. The van der Waals surface area contributed by atoms with Gasteiger partial charge in [-0.3, -0.25) is 14.4 Å². The summed E-state index contributed by atoms with van der Waals surface area (Å²) in [4.78, 5) is 34.8. The predicted molar refractivity (Wildman–Crippen MR) is 96.9 cm³/mol. The molecule has 3 fully saturated rings. The smallest absolute Gasteiger partial charge is 0.308 e. The fraction of sp³-hybridized carbons (Fsp3) is 0.682. The van der Waals surface area contributed by atoms with Crippen LogP contribution in [-0.4, -0.2) is 18.0 Å². The van der Waals surface area contributed by atoms with Crippen molar-refractivity contribution in [1.82, 2.24) is 0 Å². The normalized spacial score (nSPS) is 40.7. The Kier molecular flexibility index (Phi) is 4.40. The molecule has 0 heterocycles. The van der Waals surface area contributed by atoms with Crippen molar-refractivity contribution >= 4 is 18.0 Å². The van der Waals surface area contributed by atoms with E-state index in [2.05, 4.69) is 6.92 Å². The van der Waals surface area contributed by atoms with Gasteiger partial charge in [-0.15, -0.1) is 0 Å². The lowest BCUT2D eigenvalue weighted by Gasteiger charge is -2.53. The Bertz CT molecular complexity index is 716. The van der Waals surface area contributed by atoms with Crippen LogP contribution in [0.5, 0.6) is 0 Å². The number of esters is 1. The van der Waals surface area contributed by atoms with Crippen LogP contribution in [0.15, 0.2) is 23.0 Å². The number of ether oxygens (including phenoxy) is 1. The first kappa shape index (κ1) is 17.7. The highest BCUT2D eigenvalue weighted by Crippen LogP contribution is 2.63. The zero-order chi connectivity index (χ0) is 18.5. The summed E-state index contributed by atoms with van der Waals surface area (Å²) < 4.78 is 5.26. The van der Waals surface area contributed by atoms with Gasteiger partial charge >= 0.3 is 5.97 Å². The Labute approximate surface area is 155 Å². The van der Waals surface area contributed by atoms with E-state index in [9.17, 15) is 14.4 Å². The maximum atomic E-state index is 11.8. The lowest BCUT2D eigenvalue weighted by Crippen LogP contribution is -2.45. The third kappa shape index (κ3) is 2.69. The molecule has 0 radical (unpaired) electrons. The van der Waals surface area contributed by atoms with Gasteiger partial charge in [0.1, 0.15) is 0 Å². The Morgan fingerprint density at radius 1 is 1.15 bits per heavy atom. The molecular weight excluding hydrogens is 328 g/mol. The van der Waals surface area contributed by atoms with Gasteiger partial charge in [0.2, 0.25) is 0 Å². The van der Waals surface area contributed by atoms with Crippen molar-refractivity contribution in [2.75, 3.05) is 0 Å². The minimum absolute atomic E-state index is 0.0292. The lowest BCUT2D eigenvalue weighted by molar-refractivity contribution is -0.138. The van der Waals surface area contributed by atoms with E-state index in [1.807, 2.05) is 6.08 Å². The summed E-state index contributed by atoms with van der Waals surface area (Å²) in [7, 11) is 0. The minimum Gasteiger partial charge on any atom is -0.423 e. The van der Waals surface area contributed by atoms with Gasteiger partial charge < -0.3 is 4.74 Å². The van der Waals surface area contributed by atoms with E-state index >= 15 is 0 Å². The molecule has 4 aliphatic carbocycles. The van der Waals surface area contributed by atoms with E-state index < -0.39 is 5.97 Å². The lowest BCUT2D eigenvalue weighted by atomic mass is 9.52. The quantitative estimate of drug-likeness (QED) is 0.323. The number of aldehydes is 1. The van der Waals surface area contributed by atoms with Crippen LogP contribution in [0, 0.1) is 29.1 Å². The third-order valence-electron chi connectivity index (χ3n) is 7.74. The van der Waals surface area contributed by atoms with Crippen LogP contribution >= 0.6 is 0 Å². The molecule has 4 nitrogen and oxygen atoms in total. The van der Waals surface area contributed by atoms with Crippen LogP contribution in [0.4, 0.5) is 0 Å². The highest BCUT2D eigenvalue weighted by atomic mass is 16.5. The van der Waals surface area contributed by atoms with Crippen LogP contribution in [0.1, 0.15) is 65.2 Å². The van der Waals surface area contributed by atoms with Crippen molar-refractivity contribution in [3.63, 3.8) is 0 Å². The number of ketones is 1. The fourth-order valence-corrected chi connectivity index (χ4v) is 6.71. The standard InChI is InChI=1S/C22H28O4/c1-13(24)26-21(12-23)20-8-7-19-18-5-3-14-11-15(25)4-6-16(14)17(18)9-10-22(19,20)2/h11-12,16-19H,3-10H2,1-2H3/b21-20+/t16-,17+,18+,19-,22-/m0/s1. The fourth-order valence-electron chi connectivity index (χ4n) is 6.71. The minimum atomic E-state index is -0.417. The zero-order valence-electron chi connectivity index (χ0n) is 15.8. The van der Waals surface area contributed by atoms with Crippen LogP contribution < -0.4 is 0 Å². The Hall–Kier alpha value is -1.71. The van der Waals surface area contributed by atoms with Crippen LogP contribution in [0.3, 0.4) is 0 Å². The van der Waals surface area contributed by atoms with Crippen LogP contribution in [-0.2, 0) is 19.1 Å². The number of carbonyl (C=O) groups is 3. The summed E-state index contributed by atoms with van der Waals surface area (Å²) in [5, 5.41) is 0. The summed E-state index contributed by atoms with van der Waals surface area (Å²) in [6, 6.07) is 0. The highest BCUT2D eigenvalue weighted by Gasteiger charge is 2.55. The van der Waals surface area contributed by atoms with Crippen LogP contribution in [0.2, 0.25) is 0 Å². The van der Waals surface area contributed by atoms with Crippen LogP contribution in [0.25, 0.3) is 0 Å². The summed E-state index contributed by atoms with van der Waals surface area (Å²) in [5.41, 5.74) is 2.43. The molecule has 26 heavy (non-hydrogen) atoms. The molecule has 0 spiro atoms. The van der Waals surface area contributed by atoms with Gasteiger partial charge in [0.05, 0.1) is 0 Å². The van der Waals surface area contributed by atoms with Crippen molar-refractivity contribution in [3.8, 4) is 0 Å². The molecule has 0 aromatic heterocycles. The SMILES string of the molecule is CC(=O)O/C(C=O)=C1\CC[C@H]2[C@@H]3CCC4=CC(=O)CC[C@@H]4[C@H]3CC[C@]12C. The predicted octanol–water partition coefficient (Wildman–Crippen LogP) is 4.14. The zero-order valence-corrected chi connectivity index (χ0v) is 15.8. The monoisotopic (exact) mass is 356 g/mol. The maximum Gasteiger partial charge on any atom is 0.308 e. The number of hydrogen-bond acceptors (Lipinski definition) is 4. The van der Waals surface area contributed by atoms with Gasteiger partial charge in [-0.2, -0.15) is 0 Å². The molecule has 0 aliphatic heterocycles. The van der Waals surface area contributed by atoms with Crippen molar-refractivity contribution in [1.29, 1.82) is 0 Å². The molecule has 3 saturated carbocycles. The van der Waals surface area contributed by atoms with E-state index in [0.29, 0.717) is 35.9 Å². The molecule has 0 saturated heterocycles. The average Bonchev–Trinajstić information content (AvgIpc) is 2.96. The number of rotatable bonds is 2. The molecule has 4 rings (SSSR count). The summed E-state index contributed by atoms with van der Waals surface area (Å²) in [5.74, 6) is 2.63. The van der Waals surface area contributed by atoms with Gasteiger partial charge in [0, 0.05) is 13.3 Å². The third-order valence-corrected chi connectivity index (χ3v) is 7.74. The molecule has 0 aromatic carbocycles. The van der Waals surface area contributed by atoms with E-state index in [1.165, 1.54) is 12.5 Å². The first-order valence-electron chi connectivity index (χ1n) is 10.0. The van der Waals surface area contributed by atoms with Crippen molar-refractivity contribution in [2.45, 2.75) is 65.2 Å². The topological polar surface area (TPSA) is 60.4 Å². The second-order valence-corrected chi connectivity index (χ2v) is 8.85. The number of carbonyl (C=O) groups excluding carboxylic acids is 3. The van der Waals surface area contributed by atoms with Crippen molar-refractivity contribution < 1.29 is 19.1 Å². The first-order chi connectivity index (χ1) is 12.4. The summed E-state index contributed by atoms with van der Waals surface area (Å²) >= 11 is 0. The second kappa shape index (κ2) is 6.47. The average molecular weight is 356 g/mol. The van der Waals surface area contributed by atoms with Gasteiger partial charge in [0.25, 0.3) is 0 Å². The Morgan fingerprint density at radius 2 is 1.96 bits per heavy atom. The molecule has 0 bridgehead atoms. The van der Waals surface area contributed by atoms with Crippen molar-refractivity contribution in [2.24, 2.45) is 29.1 Å². The maximum absolute atomic E-state index is 11.8. The molecule has 4 aliphatic rings. The number of fused-ring (bicyclic) bond motifs is 5. The van der Waals surface area contributed by atoms with E-state index in [-0.39, 0.29) is 11.2 Å². The summed E-state index contributed by atoms with van der Waals surface area (Å²) in [6.45, 7) is 3.63. The Morgan fingerprint density at radius 3 is 2.69 bits per heavy atom.